The highest BCUT2D eigenvalue weighted by atomic mass is 35.5. The highest BCUT2D eigenvalue weighted by molar-refractivity contribution is 6.36. The van der Waals surface area contributed by atoms with E-state index in [0.29, 0.717) is 29.7 Å². The van der Waals surface area contributed by atoms with Crippen molar-refractivity contribution < 1.29 is 14.3 Å². The van der Waals surface area contributed by atoms with E-state index in [-0.39, 0.29) is 10.6 Å². The number of fused-ring (bicyclic) bond motifs is 1. The lowest BCUT2D eigenvalue weighted by Crippen LogP contribution is -2.18. The van der Waals surface area contributed by atoms with Crippen LogP contribution >= 0.6 is 23.2 Å². The van der Waals surface area contributed by atoms with Gasteiger partial charge in [0.25, 0.3) is 5.91 Å². The third kappa shape index (κ3) is 5.68. The summed E-state index contributed by atoms with van der Waals surface area (Å²) in [6.07, 6.45) is 1.53. The van der Waals surface area contributed by atoms with Gasteiger partial charge >= 0.3 is 0 Å². The van der Waals surface area contributed by atoms with E-state index in [0.717, 1.165) is 16.5 Å². The molecule has 0 aliphatic rings. The SMILES string of the molecule is CCOc1cc(C=NNC(=O)c2ccc(Cl)cc2Cl)ccc1OCc1cccc2ccccc12. The second kappa shape index (κ2) is 11.1. The normalized spacial score (nSPS) is 11.0. The third-order valence-electron chi connectivity index (χ3n) is 5.09. The van der Waals surface area contributed by atoms with E-state index in [1.807, 2.05) is 43.3 Å². The number of benzene rings is 4. The van der Waals surface area contributed by atoms with Crippen molar-refractivity contribution in [1.29, 1.82) is 0 Å². The van der Waals surface area contributed by atoms with Gasteiger partial charge in [0.2, 0.25) is 0 Å². The van der Waals surface area contributed by atoms with Gasteiger partial charge in [-0.1, -0.05) is 65.7 Å². The molecule has 1 N–H and O–H groups in total. The van der Waals surface area contributed by atoms with Crippen LogP contribution in [0.25, 0.3) is 10.8 Å². The number of hydrazone groups is 1. The first-order valence-electron chi connectivity index (χ1n) is 10.7. The number of nitrogens with zero attached hydrogens (tertiary/aromatic N) is 1. The van der Waals surface area contributed by atoms with Crippen LogP contribution in [0.1, 0.15) is 28.4 Å². The van der Waals surface area contributed by atoms with Crippen LogP contribution in [0.5, 0.6) is 11.5 Å². The lowest BCUT2D eigenvalue weighted by Gasteiger charge is -2.13. The van der Waals surface area contributed by atoms with Crippen molar-refractivity contribution in [2.75, 3.05) is 6.61 Å². The van der Waals surface area contributed by atoms with Gasteiger partial charge in [-0.25, -0.2) is 5.43 Å². The largest absolute Gasteiger partial charge is 0.490 e. The van der Waals surface area contributed by atoms with Crippen LogP contribution in [-0.4, -0.2) is 18.7 Å². The van der Waals surface area contributed by atoms with Crippen molar-refractivity contribution in [3.05, 3.63) is 106 Å². The van der Waals surface area contributed by atoms with E-state index >= 15 is 0 Å². The Morgan fingerprint density at radius 2 is 1.76 bits per heavy atom. The molecule has 0 heterocycles. The molecule has 34 heavy (non-hydrogen) atoms. The maximum Gasteiger partial charge on any atom is 0.272 e. The van der Waals surface area contributed by atoms with Gasteiger partial charge in [0.1, 0.15) is 6.61 Å². The fourth-order valence-corrected chi connectivity index (χ4v) is 3.96. The van der Waals surface area contributed by atoms with E-state index in [4.69, 9.17) is 32.7 Å². The van der Waals surface area contributed by atoms with Crippen LogP contribution in [0.2, 0.25) is 10.0 Å². The average molecular weight is 493 g/mol. The molecule has 0 saturated heterocycles. The molecule has 0 radical (unpaired) electrons. The van der Waals surface area contributed by atoms with Crippen LogP contribution in [0.15, 0.2) is 84.0 Å². The topological polar surface area (TPSA) is 59.9 Å². The van der Waals surface area contributed by atoms with Crippen LogP contribution in [0.4, 0.5) is 0 Å². The molecule has 0 atom stereocenters. The smallest absolute Gasteiger partial charge is 0.272 e. The number of hydrogen-bond donors (Lipinski definition) is 1. The van der Waals surface area contributed by atoms with Gasteiger partial charge < -0.3 is 9.47 Å². The molecule has 4 aromatic rings. The minimum atomic E-state index is -0.432. The van der Waals surface area contributed by atoms with Gasteiger partial charge in [0.15, 0.2) is 11.5 Å². The summed E-state index contributed by atoms with van der Waals surface area (Å²) < 4.78 is 11.9. The van der Waals surface area contributed by atoms with Gasteiger partial charge in [-0.2, -0.15) is 5.10 Å². The standard InChI is InChI=1S/C27H22Cl2N2O3/c1-2-33-26-14-18(16-30-31-27(32)23-12-11-21(28)15-24(23)29)10-13-25(26)34-17-20-8-5-7-19-6-3-4-9-22(19)20/h3-16H,2,17H2,1H3,(H,31,32). The predicted molar refractivity (Wildman–Crippen MR) is 137 cm³/mol. The Labute approximate surface area is 207 Å². The summed E-state index contributed by atoms with van der Waals surface area (Å²) >= 11 is 11.9. The number of carbonyl (C=O) groups excluding carboxylic acids is 1. The van der Waals surface area contributed by atoms with E-state index in [2.05, 4.69) is 34.8 Å². The second-order valence-electron chi connectivity index (χ2n) is 7.39. The summed E-state index contributed by atoms with van der Waals surface area (Å²) in [4.78, 5) is 12.3. The molecule has 7 heteroatoms. The van der Waals surface area contributed by atoms with E-state index < -0.39 is 5.91 Å². The quantitative estimate of drug-likeness (QED) is 0.215. The molecule has 0 aliphatic carbocycles. The molecule has 0 saturated carbocycles. The van der Waals surface area contributed by atoms with Crippen LogP contribution in [-0.2, 0) is 6.61 Å². The lowest BCUT2D eigenvalue weighted by atomic mass is 10.1. The van der Waals surface area contributed by atoms with Gasteiger partial charge in [0, 0.05) is 5.02 Å². The zero-order chi connectivity index (χ0) is 23.9. The van der Waals surface area contributed by atoms with Gasteiger partial charge in [0.05, 0.1) is 23.4 Å². The highest BCUT2D eigenvalue weighted by Crippen LogP contribution is 2.30. The Morgan fingerprint density at radius 3 is 2.59 bits per heavy atom. The monoisotopic (exact) mass is 492 g/mol. The third-order valence-corrected chi connectivity index (χ3v) is 5.63. The summed E-state index contributed by atoms with van der Waals surface area (Å²) in [5.41, 5.74) is 4.59. The van der Waals surface area contributed by atoms with Crippen molar-refractivity contribution in [3.63, 3.8) is 0 Å². The summed E-state index contributed by atoms with van der Waals surface area (Å²) in [5, 5.41) is 7.06. The number of nitrogens with one attached hydrogen (secondary N) is 1. The molecule has 172 valence electrons. The van der Waals surface area contributed by atoms with Crippen LogP contribution in [0, 0.1) is 0 Å². The van der Waals surface area contributed by atoms with Crippen molar-refractivity contribution >= 4 is 46.1 Å². The van der Waals surface area contributed by atoms with Crippen molar-refractivity contribution in [2.24, 2.45) is 5.10 Å². The maximum absolute atomic E-state index is 12.3. The van der Waals surface area contributed by atoms with Gasteiger partial charge in [-0.15, -0.1) is 0 Å². The lowest BCUT2D eigenvalue weighted by molar-refractivity contribution is 0.0955. The highest BCUT2D eigenvalue weighted by Gasteiger charge is 2.11. The van der Waals surface area contributed by atoms with E-state index in [1.165, 1.54) is 17.7 Å². The Morgan fingerprint density at radius 1 is 0.941 bits per heavy atom. The van der Waals surface area contributed by atoms with E-state index in [1.54, 1.807) is 12.1 Å². The molecule has 0 aromatic heterocycles. The first-order chi connectivity index (χ1) is 16.5. The predicted octanol–water partition coefficient (Wildman–Crippen LogP) is 6.89. The number of amides is 1. The summed E-state index contributed by atoms with van der Waals surface area (Å²) in [7, 11) is 0. The molecule has 0 bridgehead atoms. The van der Waals surface area contributed by atoms with Gasteiger partial charge in [-0.05, 0) is 65.2 Å². The van der Waals surface area contributed by atoms with Crippen molar-refractivity contribution in [3.8, 4) is 11.5 Å². The molecule has 1 amide bonds. The molecular formula is C27H22Cl2N2O3. The number of ether oxygens (including phenoxy) is 2. The second-order valence-corrected chi connectivity index (χ2v) is 8.23. The number of hydrogen-bond acceptors (Lipinski definition) is 4. The number of carbonyl (C=O) groups is 1. The fourth-order valence-electron chi connectivity index (χ4n) is 3.47. The zero-order valence-electron chi connectivity index (χ0n) is 18.4. The molecule has 5 nitrogen and oxygen atoms in total. The minimum absolute atomic E-state index is 0.256. The molecular weight excluding hydrogens is 471 g/mol. The van der Waals surface area contributed by atoms with Crippen molar-refractivity contribution in [1.82, 2.24) is 5.43 Å². The van der Waals surface area contributed by atoms with Gasteiger partial charge in [-0.3, -0.25) is 4.79 Å². The summed E-state index contributed by atoms with van der Waals surface area (Å²) in [6.45, 7) is 2.80. The first kappa shape index (κ1) is 23.6. The molecule has 0 fully saturated rings. The molecule has 4 rings (SSSR count). The average Bonchev–Trinajstić information content (AvgIpc) is 2.83. The summed E-state index contributed by atoms with van der Waals surface area (Å²) in [5.74, 6) is 0.792. The Bertz CT molecular complexity index is 1350. The number of rotatable bonds is 8. The fraction of sp³-hybridized carbons (Fsp3) is 0.111. The van der Waals surface area contributed by atoms with Crippen molar-refractivity contribution in [2.45, 2.75) is 13.5 Å². The Kier molecular flexibility index (Phi) is 7.68. The Hall–Kier alpha value is -3.54. The van der Waals surface area contributed by atoms with Crippen LogP contribution < -0.4 is 14.9 Å². The molecule has 4 aromatic carbocycles. The zero-order valence-corrected chi connectivity index (χ0v) is 19.9. The summed E-state index contributed by atoms with van der Waals surface area (Å²) in [6, 6.07) is 24.5. The van der Waals surface area contributed by atoms with Crippen LogP contribution in [0.3, 0.4) is 0 Å². The first-order valence-corrected chi connectivity index (χ1v) is 11.5. The Balaban J connectivity index is 1.46. The maximum atomic E-state index is 12.3. The molecule has 0 aliphatic heterocycles. The number of halogens is 2. The van der Waals surface area contributed by atoms with E-state index in [9.17, 15) is 4.79 Å². The minimum Gasteiger partial charge on any atom is -0.490 e. The molecule has 0 spiro atoms. The molecule has 0 unspecified atom stereocenters.